The molecule has 0 unspecified atom stereocenters. The van der Waals surface area contributed by atoms with E-state index in [1.54, 1.807) is 27.7 Å². The first-order chi connectivity index (χ1) is 29.1. The summed E-state index contributed by atoms with van der Waals surface area (Å²) in [5.41, 5.74) is 0. The number of aliphatic hydroxyl groups is 4. The highest BCUT2D eigenvalue weighted by Crippen LogP contribution is 2.11. The Morgan fingerprint density at radius 3 is 0.839 bits per heavy atom. The van der Waals surface area contributed by atoms with Gasteiger partial charge in [0, 0.05) is 26.4 Å². The summed E-state index contributed by atoms with van der Waals surface area (Å²) in [6.45, 7) is 9.28. The van der Waals surface area contributed by atoms with E-state index in [0.29, 0.717) is 26.4 Å². The molecule has 0 atom stereocenters. The second-order valence-electron chi connectivity index (χ2n) is 10.2. The molecule has 4 N–H and O–H groups in total. The van der Waals surface area contributed by atoms with Crippen molar-refractivity contribution in [2.45, 2.75) is 65.4 Å². The van der Waals surface area contributed by atoms with Crippen LogP contribution in [0.4, 0.5) is 0 Å². The van der Waals surface area contributed by atoms with Gasteiger partial charge in [-0.1, -0.05) is 0 Å². The summed E-state index contributed by atoms with van der Waals surface area (Å²) in [6.07, 6.45) is -10.7. The Balaban J connectivity index is -0.000000721. The second-order valence-corrected chi connectivity index (χ2v) is 10.2. The minimum atomic E-state index is -2.48. The summed E-state index contributed by atoms with van der Waals surface area (Å²) in [7, 11) is 0. The van der Waals surface area contributed by atoms with Crippen LogP contribution in [-0.2, 0) is 115 Å². The number of aldehydes is 4. The fourth-order valence-corrected chi connectivity index (χ4v) is 3.19. The summed E-state index contributed by atoms with van der Waals surface area (Å²) < 4.78 is 39.8. The van der Waals surface area contributed by atoms with Gasteiger partial charge in [0.2, 0.25) is 37.7 Å². The molecule has 2 rings (SSSR count). The molecule has 0 radical (unpaired) electrons. The van der Waals surface area contributed by atoms with Gasteiger partial charge in [0.05, 0.1) is 26.4 Å². The highest BCUT2D eigenvalue weighted by Gasteiger charge is 2.37. The lowest BCUT2D eigenvalue weighted by atomic mass is 10.1. The molecule has 2 fully saturated rings. The van der Waals surface area contributed by atoms with Crippen molar-refractivity contribution < 1.29 is 135 Å². The summed E-state index contributed by atoms with van der Waals surface area (Å²) in [4.78, 5) is 165. The molecular formula is C34H42O28. The van der Waals surface area contributed by atoms with Crippen molar-refractivity contribution in [3.8, 4) is 0 Å². The normalized spacial score (nSPS) is 13.0. The Morgan fingerprint density at radius 1 is 0.435 bits per heavy atom. The molecule has 0 aromatic carbocycles. The van der Waals surface area contributed by atoms with E-state index in [4.69, 9.17) is 58.3 Å². The molecule has 0 aromatic rings. The number of carbonyl (C=O) groups excluding carboxylic acids is 16. The van der Waals surface area contributed by atoms with Crippen LogP contribution in [0, 0.1) is 0 Å². The van der Waals surface area contributed by atoms with Crippen LogP contribution in [0.1, 0.15) is 27.7 Å². The predicted octanol–water partition coefficient (Wildman–Crippen LogP) is -7.28. The van der Waals surface area contributed by atoms with Crippen LogP contribution in [0.5, 0.6) is 0 Å². The molecule has 346 valence electrons. The number of carbonyl (C=O) groups is 16. The Hall–Kier alpha value is -5.76. The third-order valence-electron chi connectivity index (χ3n) is 5.89. The molecule has 2 aliphatic heterocycles. The molecule has 0 saturated carbocycles. The van der Waals surface area contributed by atoms with Gasteiger partial charge in [-0.3, -0.25) is 76.7 Å². The quantitative estimate of drug-likeness (QED) is 0.0286. The first-order valence-corrected chi connectivity index (χ1v) is 17.1. The van der Waals surface area contributed by atoms with Crippen LogP contribution in [0.3, 0.4) is 0 Å². The first-order valence-electron chi connectivity index (χ1n) is 17.1. The van der Waals surface area contributed by atoms with Crippen molar-refractivity contribution in [3.05, 3.63) is 0 Å². The average molecular weight is 899 g/mol. The minimum absolute atomic E-state index is 0.198. The summed E-state index contributed by atoms with van der Waals surface area (Å²) in [5.74, 6) is -15.8. The van der Waals surface area contributed by atoms with Crippen LogP contribution < -0.4 is 0 Å². The van der Waals surface area contributed by atoms with Gasteiger partial charge in [0.25, 0.3) is 69.4 Å². The number of aliphatic hydroxyl groups excluding tert-OH is 2. The molecule has 0 spiro atoms. The van der Waals surface area contributed by atoms with Crippen LogP contribution in [0.25, 0.3) is 0 Å². The maximum absolute atomic E-state index is 11.9. The van der Waals surface area contributed by atoms with Gasteiger partial charge >= 0.3 is 0 Å². The Labute approximate surface area is 347 Å². The lowest BCUT2D eigenvalue weighted by Crippen LogP contribution is -2.41. The minimum Gasteiger partial charge on any atom is -0.362 e. The average Bonchev–Trinajstić information content (AvgIpc) is 4.03. The topological polar surface area (TPSA) is 428 Å². The first kappa shape index (κ1) is 60.5. The Kier molecular flexibility index (Phi) is 34.1. The number of ether oxygens (including phenoxy) is 8. The third-order valence-corrected chi connectivity index (χ3v) is 5.89. The Bertz CT molecular complexity index is 1480. The lowest BCUT2D eigenvalue weighted by Gasteiger charge is -2.19. The standard InChI is InChI=1S/C12H22O6.C8H10O6.C6H2O6.C4H6O6.C4H2O4/c1-5-15-11(16-6-2)9(13)10(14)12(17-7-3)18-8-4;9-5(7-11-1-2-12-7)6(10)8-13-3-4-14-8;7-1-3(9)5(11)6(12)4(10)2-8;5-1(3(7)8)2(6)4(9)10;5-1-3(7)4(8)2-6/h11-12H,5-8H2,1-4H3;7-8H,1-4H2;1-2H;3-4,7-10H;1-2H. The predicted molar refractivity (Wildman–Crippen MR) is 186 cm³/mol. The molecule has 28 nitrogen and oxygen atoms in total. The Morgan fingerprint density at radius 2 is 0.661 bits per heavy atom. The fraction of sp³-hybridized carbons (Fsp3) is 0.529. The van der Waals surface area contributed by atoms with Crippen molar-refractivity contribution in [2.75, 3.05) is 52.9 Å². The van der Waals surface area contributed by atoms with Crippen molar-refractivity contribution in [1.29, 1.82) is 0 Å². The van der Waals surface area contributed by atoms with Gasteiger partial charge in [-0.2, -0.15) is 0 Å². The third kappa shape index (κ3) is 23.9. The number of ketones is 12. The van der Waals surface area contributed by atoms with Gasteiger partial charge in [-0.15, -0.1) is 0 Å². The molecule has 0 amide bonds. The molecule has 2 saturated heterocycles. The number of rotatable bonds is 25. The van der Waals surface area contributed by atoms with Crippen molar-refractivity contribution >= 4 is 94.5 Å². The van der Waals surface area contributed by atoms with Crippen LogP contribution in [-0.4, -0.2) is 206 Å². The van der Waals surface area contributed by atoms with Crippen LogP contribution in [0.15, 0.2) is 0 Å². The number of hydrogen-bond donors (Lipinski definition) is 4. The molecule has 2 heterocycles. The van der Waals surface area contributed by atoms with Gasteiger partial charge in [-0.05, 0) is 27.7 Å². The lowest BCUT2D eigenvalue weighted by molar-refractivity contribution is -0.187. The molecule has 62 heavy (non-hydrogen) atoms. The highest BCUT2D eigenvalue weighted by molar-refractivity contribution is 6.89. The van der Waals surface area contributed by atoms with Gasteiger partial charge < -0.3 is 58.3 Å². The molecule has 2 aliphatic rings. The monoisotopic (exact) mass is 898 g/mol. The van der Waals surface area contributed by atoms with Crippen LogP contribution >= 0.6 is 0 Å². The summed E-state index contributed by atoms with van der Waals surface area (Å²) in [6, 6.07) is 0. The molecular weight excluding hydrogens is 856 g/mol. The van der Waals surface area contributed by atoms with Gasteiger partial charge in [0.1, 0.15) is 0 Å². The van der Waals surface area contributed by atoms with E-state index in [9.17, 15) is 76.7 Å². The molecule has 28 heteroatoms. The zero-order valence-electron chi connectivity index (χ0n) is 33.0. The van der Waals surface area contributed by atoms with E-state index in [1.807, 2.05) is 0 Å². The van der Waals surface area contributed by atoms with Gasteiger partial charge in [-0.25, -0.2) is 0 Å². The zero-order chi connectivity index (χ0) is 48.5. The summed E-state index contributed by atoms with van der Waals surface area (Å²) >= 11 is 0. The zero-order valence-corrected chi connectivity index (χ0v) is 33.0. The maximum Gasteiger partial charge on any atom is 0.280 e. The number of hydrogen-bond acceptors (Lipinski definition) is 28. The van der Waals surface area contributed by atoms with Crippen LogP contribution in [0.2, 0.25) is 0 Å². The SMILES string of the molecule is CCOC(OCC)C(=O)C(=O)C(OCC)OCC.O=C(C(=O)C(O)O)C(O)O.O=C(C(=O)C1OCCO1)C1OCCO1.O=CC(=O)C(=O)C(=O)C(=O)C=O.O=CC(=O)C(=O)C=O. The van der Waals surface area contributed by atoms with Crippen molar-refractivity contribution in [1.82, 2.24) is 0 Å². The smallest absolute Gasteiger partial charge is 0.280 e. The van der Waals surface area contributed by atoms with E-state index in [-0.39, 0.29) is 39.0 Å². The van der Waals surface area contributed by atoms with E-state index >= 15 is 0 Å². The summed E-state index contributed by atoms with van der Waals surface area (Å²) in [5, 5.41) is 32.0. The maximum atomic E-state index is 11.9. The van der Waals surface area contributed by atoms with E-state index in [1.165, 1.54) is 0 Å². The van der Waals surface area contributed by atoms with E-state index in [2.05, 4.69) is 0 Å². The van der Waals surface area contributed by atoms with Crippen molar-refractivity contribution in [3.63, 3.8) is 0 Å². The van der Waals surface area contributed by atoms with E-state index in [0.717, 1.165) is 0 Å². The van der Waals surface area contributed by atoms with E-state index < -0.39 is 120 Å². The fourth-order valence-electron chi connectivity index (χ4n) is 3.19. The van der Waals surface area contributed by atoms with Gasteiger partial charge in [0.15, 0.2) is 25.1 Å². The molecule has 0 bridgehead atoms. The highest BCUT2D eigenvalue weighted by atomic mass is 16.7. The van der Waals surface area contributed by atoms with Crippen molar-refractivity contribution in [2.24, 2.45) is 0 Å². The molecule has 0 aromatic heterocycles. The number of Topliss-reactive ketones (excluding diaryl/α,β-unsaturated/α-hetero) is 12. The second kappa shape index (κ2) is 34.9. The largest absolute Gasteiger partial charge is 0.362 e. The molecule has 0 aliphatic carbocycles.